The average Bonchev–Trinajstić information content (AvgIpc) is 1.88. The Labute approximate surface area is 93.3 Å². The van der Waals surface area contributed by atoms with Gasteiger partial charge >= 0.3 is 13.3 Å². The van der Waals surface area contributed by atoms with E-state index in [0.29, 0.717) is 0 Å². The second kappa shape index (κ2) is 7.06. The summed E-state index contributed by atoms with van der Waals surface area (Å²) < 4.78 is 19.3. The van der Waals surface area contributed by atoms with E-state index in [9.17, 15) is 9.36 Å². The summed E-state index contributed by atoms with van der Waals surface area (Å²) in [7, 11) is -4.16. The maximum atomic E-state index is 10.8. The standard InChI is InChI=1S/C5H11O5P.Na/c1-3-9-5(6)11(7,8)10-4-2;/h3-4H2,1-2H3,(H,7,8);. The van der Waals surface area contributed by atoms with Crippen molar-refractivity contribution in [3.05, 3.63) is 0 Å². The fraction of sp³-hybridized carbons (Fsp3) is 0.800. The topological polar surface area (TPSA) is 72.8 Å². The van der Waals surface area contributed by atoms with Crippen LogP contribution in [-0.2, 0) is 13.8 Å². The first kappa shape index (κ1) is 15.1. The smallest absolute Gasteiger partial charge is 0.435 e. The SMILES string of the molecule is CCOC(=O)P(=O)(O)OCC.[Na]. The van der Waals surface area contributed by atoms with Crippen molar-refractivity contribution in [1.29, 1.82) is 0 Å². The summed E-state index contributed by atoms with van der Waals surface area (Å²) in [6.07, 6.45) is 0. The molecule has 1 N–H and O–H groups in total. The van der Waals surface area contributed by atoms with Gasteiger partial charge in [-0.3, -0.25) is 0 Å². The fourth-order valence-corrected chi connectivity index (χ4v) is 1.18. The van der Waals surface area contributed by atoms with Crippen LogP contribution in [0.5, 0.6) is 0 Å². The van der Waals surface area contributed by atoms with Crippen molar-refractivity contribution in [3.8, 4) is 0 Å². The molecule has 0 aliphatic rings. The third-order valence-electron chi connectivity index (χ3n) is 0.803. The Morgan fingerprint density at radius 3 is 2.25 bits per heavy atom. The molecule has 0 aromatic carbocycles. The van der Waals surface area contributed by atoms with E-state index in [-0.39, 0.29) is 42.8 Å². The molecule has 5 nitrogen and oxygen atoms in total. The molecular formula is C5H11NaO5P. The average molecular weight is 205 g/mol. The predicted molar refractivity (Wildman–Crippen MR) is 44.2 cm³/mol. The van der Waals surface area contributed by atoms with Gasteiger partial charge in [0.15, 0.2) is 0 Å². The minimum atomic E-state index is -4.16. The van der Waals surface area contributed by atoms with Crippen LogP contribution in [0.25, 0.3) is 0 Å². The first-order chi connectivity index (χ1) is 5.04. The van der Waals surface area contributed by atoms with Gasteiger partial charge in [0.1, 0.15) is 0 Å². The predicted octanol–water partition coefficient (Wildman–Crippen LogP) is 0.984. The van der Waals surface area contributed by atoms with E-state index in [4.69, 9.17) is 4.89 Å². The number of carbonyl (C=O) groups excluding carboxylic acids is 1. The summed E-state index contributed by atoms with van der Waals surface area (Å²) in [4.78, 5) is 19.4. The van der Waals surface area contributed by atoms with E-state index in [0.717, 1.165) is 0 Å². The maximum absolute atomic E-state index is 10.8. The molecular weight excluding hydrogens is 194 g/mol. The van der Waals surface area contributed by atoms with Crippen LogP contribution < -0.4 is 0 Å². The minimum absolute atomic E-state index is 0. The molecule has 0 heterocycles. The van der Waals surface area contributed by atoms with Crippen molar-refractivity contribution in [3.63, 3.8) is 0 Å². The molecule has 0 rings (SSSR count). The molecule has 0 aromatic rings. The molecule has 0 aliphatic heterocycles. The van der Waals surface area contributed by atoms with Gasteiger partial charge in [0.05, 0.1) is 13.2 Å². The van der Waals surface area contributed by atoms with Crippen LogP contribution in [0.1, 0.15) is 13.8 Å². The number of ether oxygens (including phenoxy) is 1. The van der Waals surface area contributed by atoms with Gasteiger partial charge in [-0.25, -0.2) is 9.36 Å². The van der Waals surface area contributed by atoms with E-state index in [1.165, 1.54) is 6.92 Å². The van der Waals surface area contributed by atoms with Gasteiger partial charge in [0, 0.05) is 29.6 Å². The molecule has 1 unspecified atom stereocenters. The van der Waals surface area contributed by atoms with Gasteiger partial charge in [-0.1, -0.05) is 0 Å². The molecule has 7 heteroatoms. The zero-order chi connectivity index (χ0) is 8.91. The Balaban J connectivity index is 0. The van der Waals surface area contributed by atoms with E-state index in [1.807, 2.05) is 0 Å². The summed E-state index contributed by atoms with van der Waals surface area (Å²) in [6.45, 7) is 3.13. The summed E-state index contributed by atoms with van der Waals surface area (Å²) in [5.41, 5.74) is -1.19. The number of hydrogen-bond donors (Lipinski definition) is 1. The molecule has 0 aromatic heterocycles. The third-order valence-corrected chi connectivity index (χ3v) is 2.00. The van der Waals surface area contributed by atoms with Crippen molar-refractivity contribution in [2.45, 2.75) is 13.8 Å². The first-order valence-electron chi connectivity index (χ1n) is 3.19. The van der Waals surface area contributed by atoms with Gasteiger partial charge in [-0.15, -0.1) is 0 Å². The Bertz CT molecular complexity index is 183. The molecule has 12 heavy (non-hydrogen) atoms. The Morgan fingerprint density at radius 1 is 1.42 bits per heavy atom. The van der Waals surface area contributed by atoms with Crippen LogP contribution in [0.15, 0.2) is 0 Å². The fourth-order valence-electron chi connectivity index (χ4n) is 0.433. The van der Waals surface area contributed by atoms with E-state index >= 15 is 0 Å². The van der Waals surface area contributed by atoms with Crippen LogP contribution in [0.3, 0.4) is 0 Å². The largest absolute Gasteiger partial charge is 0.457 e. The number of carbonyl (C=O) groups is 1. The summed E-state index contributed by atoms with van der Waals surface area (Å²) in [5.74, 6) is 0. The van der Waals surface area contributed by atoms with Crippen LogP contribution in [0.4, 0.5) is 4.79 Å². The number of hydrogen-bond acceptors (Lipinski definition) is 4. The molecule has 0 saturated carbocycles. The van der Waals surface area contributed by atoms with Crippen LogP contribution in [-0.4, -0.2) is 53.4 Å². The summed E-state index contributed by atoms with van der Waals surface area (Å²) >= 11 is 0. The Kier molecular flexibility index (Phi) is 8.89. The van der Waals surface area contributed by atoms with Crippen LogP contribution in [0, 0.1) is 0 Å². The molecule has 0 spiro atoms. The molecule has 0 amide bonds. The number of rotatable bonds is 4. The molecule has 67 valence electrons. The quantitative estimate of drug-likeness (QED) is 0.547. The monoisotopic (exact) mass is 205 g/mol. The van der Waals surface area contributed by atoms with Gasteiger partial charge in [0.2, 0.25) is 0 Å². The molecule has 0 bridgehead atoms. The van der Waals surface area contributed by atoms with Crippen LogP contribution >= 0.6 is 7.60 Å². The van der Waals surface area contributed by atoms with Crippen molar-refractivity contribution >= 4 is 42.9 Å². The molecule has 0 saturated heterocycles. The zero-order valence-corrected chi connectivity index (χ0v) is 10.3. The maximum Gasteiger partial charge on any atom is 0.435 e. The van der Waals surface area contributed by atoms with Crippen molar-refractivity contribution in [2.24, 2.45) is 0 Å². The molecule has 0 fully saturated rings. The molecule has 1 radical (unpaired) electrons. The summed E-state index contributed by atoms with van der Waals surface area (Å²) in [6, 6.07) is 0. The van der Waals surface area contributed by atoms with Crippen LogP contribution in [0.2, 0.25) is 0 Å². The minimum Gasteiger partial charge on any atom is -0.457 e. The van der Waals surface area contributed by atoms with E-state index in [1.54, 1.807) is 6.92 Å². The second-order valence-corrected chi connectivity index (χ2v) is 3.30. The first-order valence-corrected chi connectivity index (χ1v) is 4.77. The normalized spacial score (nSPS) is 14.2. The summed E-state index contributed by atoms with van der Waals surface area (Å²) in [5, 5.41) is 0. The molecule has 1 atom stereocenters. The van der Waals surface area contributed by atoms with Gasteiger partial charge in [-0.2, -0.15) is 0 Å². The van der Waals surface area contributed by atoms with Gasteiger partial charge < -0.3 is 14.2 Å². The van der Waals surface area contributed by atoms with Crippen molar-refractivity contribution in [2.75, 3.05) is 13.2 Å². The Hall–Kier alpha value is 0.620. The van der Waals surface area contributed by atoms with Gasteiger partial charge in [-0.05, 0) is 13.8 Å². The van der Waals surface area contributed by atoms with Crippen molar-refractivity contribution < 1.29 is 23.5 Å². The van der Waals surface area contributed by atoms with Crippen molar-refractivity contribution in [1.82, 2.24) is 0 Å². The van der Waals surface area contributed by atoms with E-state index in [2.05, 4.69) is 9.26 Å². The third kappa shape index (κ3) is 5.30. The zero-order valence-electron chi connectivity index (χ0n) is 7.44. The second-order valence-electron chi connectivity index (χ2n) is 1.64. The van der Waals surface area contributed by atoms with Gasteiger partial charge in [0.25, 0.3) is 0 Å². The Morgan fingerprint density at radius 2 is 1.92 bits per heavy atom. The van der Waals surface area contributed by atoms with E-state index < -0.39 is 13.3 Å². The molecule has 0 aliphatic carbocycles.